The van der Waals surface area contributed by atoms with E-state index in [-0.39, 0.29) is 85.3 Å². The zero-order valence-electron chi connectivity index (χ0n) is 28.9. The van der Waals surface area contributed by atoms with Gasteiger partial charge in [-0.3, -0.25) is 9.59 Å². The van der Waals surface area contributed by atoms with E-state index in [9.17, 15) is 9.59 Å². The summed E-state index contributed by atoms with van der Waals surface area (Å²) in [6.07, 6.45) is 2.94. The van der Waals surface area contributed by atoms with Crippen molar-refractivity contribution in [3.63, 3.8) is 0 Å². The zero-order valence-corrected chi connectivity index (χ0v) is 29.8. The van der Waals surface area contributed by atoms with Crippen molar-refractivity contribution in [1.82, 2.24) is 39.6 Å². The molecule has 2 fully saturated rings. The van der Waals surface area contributed by atoms with Gasteiger partial charge in [0, 0.05) is 76.8 Å². The minimum atomic E-state index is -0.843. The van der Waals surface area contributed by atoms with Crippen LogP contribution in [0.3, 0.4) is 0 Å². The summed E-state index contributed by atoms with van der Waals surface area (Å²) in [4.78, 5) is 31.4. The Bertz CT molecular complexity index is 2530. The molecule has 272 valence electrons. The summed E-state index contributed by atoms with van der Waals surface area (Å²) in [6, 6.07) is 2.21. The van der Waals surface area contributed by atoms with Crippen LogP contribution in [0.25, 0.3) is 48.7 Å². The number of benzene rings is 2. The second-order valence-corrected chi connectivity index (χ2v) is 14.3. The Morgan fingerprint density at radius 2 is 1.27 bits per heavy atom. The molecule has 0 spiro atoms. The number of hydrogen-bond donors (Lipinski definition) is 2. The largest absolute Gasteiger partial charge is 0.364 e. The highest BCUT2D eigenvalue weighted by Gasteiger charge is 2.30. The van der Waals surface area contributed by atoms with Crippen molar-refractivity contribution in [3.05, 3.63) is 68.2 Å². The van der Waals surface area contributed by atoms with E-state index in [1.807, 2.05) is 13.8 Å². The van der Waals surface area contributed by atoms with Gasteiger partial charge < -0.3 is 29.6 Å². The molecule has 2 aromatic carbocycles. The molecule has 0 radical (unpaired) electrons. The van der Waals surface area contributed by atoms with Gasteiger partial charge in [-0.2, -0.15) is 9.61 Å². The van der Waals surface area contributed by atoms with Crippen molar-refractivity contribution in [3.8, 4) is 22.0 Å². The van der Waals surface area contributed by atoms with Gasteiger partial charge in [-0.15, -0.1) is 10.2 Å². The fourth-order valence-corrected chi connectivity index (χ4v) is 8.35. The van der Waals surface area contributed by atoms with Crippen LogP contribution in [-0.4, -0.2) is 80.3 Å². The molecule has 12 nitrogen and oxygen atoms in total. The molecule has 2 unspecified atom stereocenters. The molecule has 0 saturated carbocycles. The van der Waals surface area contributed by atoms with Crippen LogP contribution in [0.5, 0.6) is 0 Å². The number of pyridine rings is 2. The van der Waals surface area contributed by atoms with E-state index in [2.05, 4.69) is 25.9 Å². The lowest BCUT2D eigenvalue weighted by Gasteiger charge is -2.34. The Kier molecular flexibility index (Phi) is 8.53. The molecular weight excluding hydrogens is 701 g/mol. The number of fused-ring (bicyclic) bond motifs is 3. The Morgan fingerprint density at radius 3 is 1.77 bits per heavy atom. The maximum atomic E-state index is 16.2. The predicted octanol–water partition coefficient (Wildman–Crippen LogP) is 4.34. The number of rotatable bonds is 6. The van der Waals surface area contributed by atoms with Gasteiger partial charge in [0.15, 0.2) is 27.9 Å². The average molecular weight is 737 g/mol. The predicted molar refractivity (Wildman–Crippen MR) is 194 cm³/mol. The van der Waals surface area contributed by atoms with Gasteiger partial charge in [0.2, 0.25) is 10.4 Å². The van der Waals surface area contributed by atoms with Gasteiger partial charge in [-0.1, -0.05) is 11.3 Å². The highest BCUT2D eigenvalue weighted by Crippen LogP contribution is 2.35. The lowest BCUT2D eigenvalue weighted by atomic mass is 10.1. The van der Waals surface area contributed by atoms with Gasteiger partial charge in [0.1, 0.15) is 23.0 Å². The van der Waals surface area contributed by atoms with Crippen LogP contribution in [0.2, 0.25) is 0 Å². The second-order valence-electron chi connectivity index (χ2n) is 13.4. The van der Waals surface area contributed by atoms with Gasteiger partial charge in [-0.25, -0.2) is 17.6 Å². The summed E-state index contributed by atoms with van der Waals surface area (Å²) in [5.74, 6) is -3.29. The van der Waals surface area contributed by atoms with Crippen LogP contribution in [0.15, 0.2) is 34.1 Å². The quantitative estimate of drug-likeness (QED) is 0.241. The van der Waals surface area contributed by atoms with Crippen LogP contribution >= 0.6 is 11.3 Å². The normalized spacial score (nSPS) is 18.4. The molecule has 8 rings (SSSR count). The molecule has 2 atom stereocenters. The van der Waals surface area contributed by atoms with E-state index in [1.54, 1.807) is 28.2 Å². The van der Waals surface area contributed by atoms with E-state index in [0.717, 1.165) is 23.5 Å². The Balaban J connectivity index is 1.25. The molecule has 0 bridgehead atoms. The molecule has 2 aliphatic heterocycles. The van der Waals surface area contributed by atoms with Crippen LogP contribution < -0.4 is 31.3 Å². The van der Waals surface area contributed by atoms with E-state index >= 15 is 17.6 Å². The molecule has 4 aromatic heterocycles. The number of halogens is 4. The summed E-state index contributed by atoms with van der Waals surface area (Å²) < 4.78 is 68.0. The van der Waals surface area contributed by atoms with Crippen molar-refractivity contribution in [2.24, 2.45) is 0 Å². The molecule has 2 N–H and O–H groups in total. The summed E-state index contributed by atoms with van der Waals surface area (Å²) in [5, 5.41) is 19.4. The maximum absolute atomic E-state index is 16.2. The molecule has 0 amide bonds. The van der Waals surface area contributed by atoms with Gasteiger partial charge in [0.25, 0.3) is 0 Å². The lowest BCUT2D eigenvalue weighted by Crippen LogP contribution is -2.49. The SMILES string of the molecule is CCn1cc(-c2nn3c(-c4cn(CC)c5c(F)c(N6CCNC(C)C6)c(F)cc5c4=O)nnc3s2)c(=O)c2cc(F)c(N3CCNC(C)C3)c(F)c21. The molecular formula is C35H36F4N10O2S. The first-order valence-corrected chi connectivity index (χ1v) is 18.1. The highest BCUT2D eigenvalue weighted by atomic mass is 32.1. The molecule has 17 heteroatoms. The Morgan fingerprint density at radius 1 is 0.769 bits per heavy atom. The molecule has 2 aliphatic rings. The first-order valence-electron chi connectivity index (χ1n) is 17.3. The van der Waals surface area contributed by atoms with Crippen LogP contribution in [0.4, 0.5) is 28.9 Å². The van der Waals surface area contributed by atoms with E-state index in [1.165, 1.54) is 21.5 Å². The maximum Gasteiger partial charge on any atom is 0.235 e. The molecule has 0 aliphatic carbocycles. The van der Waals surface area contributed by atoms with E-state index in [4.69, 9.17) is 0 Å². The van der Waals surface area contributed by atoms with Crippen molar-refractivity contribution >= 4 is 49.5 Å². The molecule has 6 aromatic rings. The number of anilines is 2. The van der Waals surface area contributed by atoms with Crippen molar-refractivity contribution in [1.29, 1.82) is 0 Å². The Hall–Kier alpha value is -4.87. The van der Waals surface area contributed by atoms with Gasteiger partial charge in [-0.05, 0) is 39.8 Å². The smallest absolute Gasteiger partial charge is 0.235 e. The summed E-state index contributed by atoms with van der Waals surface area (Å²) in [7, 11) is 0. The number of piperazine rings is 2. The number of hydrogen-bond acceptors (Lipinski definition) is 10. The fourth-order valence-electron chi connectivity index (χ4n) is 7.51. The lowest BCUT2D eigenvalue weighted by molar-refractivity contribution is 0.470. The third kappa shape index (κ3) is 5.35. The first kappa shape index (κ1) is 34.2. The highest BCUT2D eigenvalue weighted by molar-refractivity contribution is 7.19. The standard InChI is InChI=1S/C35H36F4N10O2S/c1-5-45-15-21(31(50)19-11-23(36)29(25(38)27(19)45)47-9-7-40-17(3)13-47)33-42-43-35-49(33)44-34(52-35)22-16-46(6-2)28-20(32(22)51)12-24(37)30(26(28)39)48-10-8-41-18(4)14-48/h11-12,15-18,40-41H,5-10,13-14H2,1-4H3. The van der Waals surface area contributed by atoms with Gasteiger partial charge >= 0.3 is 0 Å². The topological polar surface area (TPSA) is 118 Å². The molecule has 52 heavy (non-hydrogen) atoms. The fraction of sp³-hybridized carbons (Fsp3) is 0.400. The third-order valence-electron chi connectivity index (χ3n) is 9.97. The zero-order chi connectivity index (χ0) is 36.6. The molecule has 2 saturated heterocycles. The average Bonchev–Trinajstić information content (AvgIpc) is 3.71. The summed E-state index contributed by atoms with van der Waals surface area (Å²) in [5.41, 5.74) is -1.57. The van der Waals surface area contributed by atoms with E-state index < -0.39 is 34.1 Å². The minimum Gasteiger partial charge on any atom is -0.364 e. The number of nitrogens with one attached hydrogen (secondary N) is 2. The van der Waals surface area contributed by atoms with Gasteiger partial charge in [0.05, 0.1) is 32.9 Å². The number of nitrogens with zero attached hydrogens (tertiary/aromatic N) is 8. The minimum absolute atomic E-state index is 0.00410. The monoisotopic (exact) mass is 736 g/mol. The second kappa shape index (κ2) is 13.0. The van der Waals surface area contributed by atoms with Crippen molar-refractivity contribution in [2.75, 3.05) is 49.1 Å². The van der Waals surface area contributed by atoms with Crippen molar-refractivity contribution < 1.29 is 17.6 Å². The van der Waals surface area contributed by atoms with Crippen molar-refractivity contribution in [2.45, 2.75) is 52.9 Å². The third-order valence-corrected chi connectivity index (χ3v) is 10.9. The van der Waals surface area contributed by atoms with Crippen LogP contribution in [0, 0.1) is 23.3 Å². The number of aryl methyl sites for hydroxylation is 2. The Labute approximate surface area is 298 Å². The number of aromatic nitrogens is 6. The molecule has 6 heterocycles. The summed E-state index contributed by atoms with van der Waals surface area (Å²) >= 11 is 1.01. The van der Waals surface area contributed by atoms with Crippen LogP contribution in [-0.2, 0) is 13.1 Å². The first-order chi connectivity index (χ1) is 25.0. The van der Waals surface area contributed by atoms with Crippen LogP contribution in [0.1, 0.15) is 27.7 Å². The van der Waals surface area contributed by atoms with E-state index in [0.29, 0.717) is 39.3 Å². The summed E-state index contributed by atoms with van der Waals surface area (Å²) in [6.45, 7) is 10.7.